The molecule has 0 aliphatic carbocycles. The molecule has 3 aliphatic rings. The third-order valence-corrected chi connectivity index (χ3v) is 8.67. The number of nitrogens with one attached hydrogen (secondary N) is 1. The quantitative estimate of drug-likeness (QED) is 0.606. The predicted octanol–water partition coefficient (Wildman–Crippen LogP) is 4.94. The lowest BCUT2D eigenvalue weighted by Crippen LogP contribution is -2.47. The van der Waals surface area contributed by atoms with Crippen molar-refractivity contribution in [1.82, 2.24) is 10.2 Å². The summed E-state index contributed by atoms with van der Waals surface area (Å²) in [5.41, 5.74) is 5.43. The largest absolute Gasteiger partial charge is 0.496 e. The van der Waals surface area contributed by atoms with E-state index in [4.69, 9.17) is 18.9 Å². The second-order valence-electron chi connectivity index (χ2n) is 10.2. The fraction of sp³-hybridized carbons (Fsp3) is 0.586. The Labute approximate surface area is 209 Å². The van der Waals surface area contributed by atoms with Crippen molar-refractivity contribution >= 4 is 0 Å². The first-order chi connectivity index (χ1) is 17.1. The van der Waals surface area contributed by atoms with Gasteiger partial charge in [-0.1, -0.05) is 13.3 Å². The van der Waals surface area contributed by atoms with Crippen LogP contribution in [0.3, 0.4) is 0 Å². The van der Waals surface area contributed by atoms with Gasteiger partial charge < -0.3 is 24.3 Å². The molecular weight excluding hydrogens is 440 g/mol. The van der Waals surface area contributed by atoms with E-state index in [1.807, 2.05) is 0 Å². The molecule has 1 fully saturated rings. The lowest BCUT2D eigenvalue weighted by Gasteiger charge is -2.48. The van der Waals surface area contributed by atoms with Crippen LogP contribution >= 0.6 is 0 Å². The molecule has 5 rings (SSSR count). The number of hydrogen-bond donors (Lipinski definition) is 1. The van der Waals surface area contributed by atoms with Crippen molar-refractivity contribution in [2.75, 3.05) is 48.1 Å². The molecule has 2 aromatic carbocycles. The van der Waals surface area contributed by atoms with Crippen LogP contribution in [0.5, 0.6) is 23.0 Å². The Morgan fingerprint density at radius 2 is 1.60 bits per heavy atom. The van der Waals surface area contributed by atoms with Crippen molar-refractivity contribution in [2.45, 2.75) is 51.1 Å². The third-order valence-electron chi connectivity index (χ3n) is 8.67. The highest BCUT2D eigenvalue weighted by atomic mass is 16.5. The minimum atomic E-state index is 0.333. The number of hydrogen-bond acceptors (Lipinski definition) is 6. The van der Waals surface area contributed by atoms with Crippen LogP contribution in [0.1, 0.15) is 60.5 Å². The molecule has 0 radical (unpaired) electrons. The first-order valence-electron chi connectivity index (χ1n) is 13.1. The fourth-order valence-electron chi connectivity index (χ4n) is 6.86. The summed E-state index contributed by atoms with van der Waals surface area (Å²) in [6.45, 7) is 5.60. The lowest BCUT2D eigenvalue weighted by atomic mass is 9.72. The van der Waals surface area contributed by atoms with Crippen LogP contribution in [0.4, 0.5) is 0 Å². The maximum Gasteiger partial charge on any atom is 0.161 e. The maximum absolute atomic E-state index is 5.87. The highest BCUT2D eigenvalue weighted by Crippen LogP contribution is 2.49. The van der Waals surface area contributed by atoms with Gasteiger partial charge in [0.15, 0.2) is 11.5 Å². The molecule has 190 valence electrons. The van der Waals surface area contributed by atoms with E-state index in [1.165, 1.54) is 28.7 Å². The van der Waals surface area contributed by atoms with Crippen molar-refractivity contribution in [3.8, 4) is 23.0 Å². The zero-order valence-corrected chi connectivity index (χ0v) is 21.9. The summed E-state index contributed by atoms with van der Waals surface area (Å²) in [6, 6.07) is 9.24. The van der Waals surface area contributed by atoms with Crippen LogP contribution in [-0.4, -0.2) is 53.0 Å². The normalized spacial score (nSPS) is 25.7. The van der Waals surface area contributed by atoms with Gasteiger partial charge in [0.2, 0.25) is 0 Å². The van der Waals surface area contributed by atoms with Crippen molar-refractivity contribution in [3.05, 3.63) is 46.5 Å². The van der Waals surface area contributed by atoms with Gasteiger partial charge in [0.05, 0.1) is 28.4 Å². The molecule has 0 aromatic heterocycles. The van der Waals surface area contributed by atoms with E-state index in [0.29, 0.717) is 23.9 Å². The molecule has 0 bridgehead atoms. The smallest absolute Gasteiger partial charge is 0.161 e. The number of methoxy groups -OCH3 is 4. The first kappa shape index (κ1) is 24.3. The third kappa shape index (κ3) is 4.36. The molecule has 1 N–H and O–H groups in total. The molecule has 35 heavy (non-hydrogen) atoms. The Kier molecular flexibility index (Phi) is 7.12. The van der Waals surface area contributed by atoms with Gasteiger partial charge in [-0.2, -0.15) is 0 Å². The molecule has 3 heterocycles. The van der Waals surface area contributed by atoms with E-state index < -0.39 is 0 Å². The molecule has 6 nitrogen and oxygen atoms in total. The zero-order chi connectivity index (χ0) is 24.5. The average Bonchev–Trinajstić information content (AvgIpc) is 2.91. The van der Waals surface area contributed by atoms with E-state index in [0.717, 1.165) is 68.3 Å². The standard InChI is InChI=1S/C29H40N2O4/c1-6-18-17-31-12-10-21-25(32-2)7-8-26(33-3)29(21)24(31)14-20(18)13-23-22-16-28(35-5)27(34-4)15-19(22)9-11-30-23/h7-8,15-16,18,20,23-24,30H,6,9-14,17H2,1-5H3/t18-,20+,23+,24+/m1/s1. The molecule has 6 heteroatoms. The van der Waals surface area contributed by atoms with Gasteiger partial charge in [-0.25, -0.2) is 0 Å². The van der Waals surface area contributed by atoms with E-state index in [1.54, 1.807) is 28.4 Å². The Balaban J connectivity index is 1.45. The predicted molar refractivity (Wildman–Crippen MR) is 138 cm³/mol. The van der Waals surface area contributed by atoms with Crippen LogP contribution in [0.2, 0.25) is 0 Å². The van der Waals surface area contributed by atoms with Gasteiger partial charge in [-0.05, 0) is 79.5 Å². The molecule has 3 aliphatic heterocycles. The minimum absolute atomic E-state index is 0.333. The Morgan fingerprint density at radius 3 is 2.31 bits per heavy atom. The van der Waals surface area contributed by atoms with Gasteiger partial charge in [0.25, 0.3) is 0 Å². The number of ether oxygens (including phenoxy) is 4. The summed E-state index contributed by atoms with van der Waals surface area (Å²) < 4.78 is 22.9. The van der Waals surface area contributed by atoms with Crippen molar-refractivity contribution in [2.24, 2.45) is 11.8 Å². The second-order valence-corrected chi connectivity index (χ2v) is 10.2. The van der Waals surface area contributed by atoms with Crippen LogP contribution in [0.15, 0.2) is 24.3 Å². The molecule has 0 amide bonds. The maximum atomic E-state index is 5.87. The number of benzene rings is 2. The molecule has 0 saturated carbocycles. The molecule has 4 atom stereocenters. The molecular formula is C29H40N2O4. The summed E-state index contributed by atoms with van der Waals surface area (Å²) in [6.07, 6.45) is 5.53. The zero-order valence-electron chi connectivity index (χ0n) is 21.9. The molecule has 0 unspecified atom stereocenters. The minimum Gasteiger partial charge on any atom is -0.496 e. The van der Waals surface area contributed by atoms with Crippen molar-refractivity contribution in [3.63, 3.8) is 0 Å². The SMILES string of the molecule is CC[C@@H]1CN2CCc3c(OC)ccc(OC)c3[C@@H]2C[C@@H]1C[C@@H]1NCCc2cc(OC)c(OC)cc21. The Bertz CT molecular complexity index is 1060. The van der Waals surface area contributed by atoms with E-state index in [2.05, 4.69) is 41.4 Å². The monoisotopic (exact) mass is 480 g/mol. The van der Waals surface area contributed by atoms with Gasteiger partial charge in [0.1, 0.15) is 11.5 Å². The first-order valence-corrected chi connectivity index (χ1v) is 13.1. The van der Waals surface area contributed by atoms with Crippen molar-refractivity contribution in [1.29, 1.82) is 0 Å². The molecule has 0 spiro atoms. The summed E-state index contributed by atoms with van der Waals surface area (Å²) in [7, 11) is 7.01. The summed E-state index contributed by atoms with van der Waals surface area (Å²) in [5.74, 6) is 4.96. The Hall–Kier alpha value is -2.44. The highest BCUT2D eigenvalue weighted by molar-refractivity contribution is 5.52. The molecule has 1 saturated heterocycles. The number of rotatable bonds is 7. The number of fused-ring (bicyclic) bond motifs is 4. The Morgan fingerprint density at radius 1 is 0.886 bits per heavy atom. The van der Waals surface area contributed by atoms with Crippen LogP contribution < -0.4 is 24.3 Å². The summed E-state index contributed by atoms with van der Waals surface area (Å²) >= 11 is 0. The topological polar surface area (TPSA) is 52.2 Å². The van der Waals surface area contributed by atoms with Crippen LogP contribution in [0.25, 0.3) is 0 Å². The molecule has 2 aromatic rings. The van der Waals surface area contributed by atoms with E-state index >= 15 is 0 Å². The highest BCUT2D eigenvalue weighted by Gasteiger charge is 2.41. The summed E-state index contributed by atoms with van der Waals surface area (Å²) in [4.78, 5) is 2.70. The van der Waals surface area contributed by atoms with Gasteiger partial charge in [0, 0.05) is 36.3 Å². The van der Waals surface area contributed by atoms with Crippen molar-refractivity contribution < 1.29 is 18.9 Å². The van der Waals surface area contributed by atoms with Crippen LogP contribution in [-0.2, 0) is 12.8 Å². The van der Waals surface area contributed by atoms with Crippen LogP contribution in [0, 0.1) is 11.8 Å². The second kappa shape index (κ2) is 10.3. The lowest BCUT2D eigenvalue weighted by molar-refractivity contribution is 0.0419. The van der Waals surface area contributed by atoms with Gasteiger partial charge in [-0.15, -0.1) is 0 Å². The summed E-state index contributed by atoms with van der Waals surface area (Å²) in [5, 5.41) is 3.83. The number of piperidine rings is 1. The number of nitrogens with zero attached hydrogens (tertiary/aromatic N) is 1. The van der Waals surface area contributed by atoms with E-state index in [-0.39, 0.29) is 0 Å². The van der Waals surface area contributed by atoms with Gasteiger partial charge >= 0.3 is 0 Å². The average molecular weight is 481 g/mol. The van der Waals surface area contributed by atoms with Gasteiger partial charge in [-0.3, -0.25) is 4.90 Å². The fourth-order valence-corrected chi connectivity index (χ4v) is 6.86. The van der Waals surface area contributed by atoms with E-state index in [9.17, 15) is 0 Å².